The van der Waals surface area contributed by atoms with Crippen LogP contribution in [0.1, 0.15) is 5.56 Å². The van der Waals surface area contributed by atoms with Crippen LogP contribution >= 0.6 is 23.2 Å². The second kappa shape index (κ2) is 8.41. The van der Waals surface area contributed by atoms with Gasteiger partial charge >= 0.3 is 0 Å². The van der Waals surface area contributed by atoms with E-state index in [0.29, 0.717) is 15.8 Å². The van der Waals surface area contributed by atoms with Crippen LogP contribution in [0.3, 0.4) is 0 Å². The van der Waals surface area contributed by atoms with Crippen molar-refractivity contribution in [2.45, 2.75) is 0 Å². The number of methoxy groups -OCH3 is 1. The summed E-state index contributed by atoms with van der Waals surface area (Å²) in [6.45, 7) is -0.222. The molecule has 0 radical (unpaired) electrons. The molecular formula is C16H14Cl2N2O3. The summed E-state index contributed by atoms with van der Waals surface area (Å²) in [5.41, 5.74) is 3.19. The number of hydrazone groups is 1. The summed E-state index contributed by atoms with van der Waals surface area (Å²) in [7, 11) is 1.59. The molecule has 7 heteroatoms. The van der Waals surface area contributed by atoms with Gasteiger partial charge in [0.2, 0.25) is 0 Å². The van der Waals surface area contributed by atoms with Crippen molar-refractivity contribution in [3.8, 4) is 11.5 Å². The van der Waals surface area contributed by atoms with Crippen LogP contribution < -0.4 is 14.9 Å². The van der Waals surface area contributed by atoms with Crippen LogP contribution in [0.5, 0.6) is 11.5 Å². The molecule has 0 fully saturated rings. The van der Waals surface area contributed by atoms with E-state index in [0.717, 1.165) is 11.3 Å². The molecule has 0 aliphatic heterocycles. The van der Waals surface area contributed by atoms with Gasteiger partial charge in [-0.05, 0) is 42.0 Å². The lowest BCUT2D eigenvalue weighted by Crippen LogP contribution is -2.24. The van der Waals surface area contributed by atoms with Crippen LogP contribution in [0.25, 0.3) is 0 Å². The topological polar surface area (TPSA) is 59.9 Å². The fraction of sp³-hybridized carbons (Fsp3) is 0.125. The van der Waals surface area contributed by atoms with Crippen molar-refractivity contribution in [3.05, 3.63) is 58.1 Å². The number of nitrogens with one attached hydrogen (secondary N) is 1. The van der Waals surface area contributed by atoms with Crippen LogP contribution in [0.15, 0.2) is 47.6 Å². The number of rotatable bonds is 6. The summed E-state index contributed by atoms with van der Waals surface area (Å²) in [5.74, 6) is 0.678. The summed E-state index contributed by atoms with van der Waals surface area (Å²) in [5, 5.41) is 4.70. The van der Waals surface area contributed by atoms with E-state index in [9.17, 15) is 4.79 Å². The van der Waals surface area contributed by atoms with Gasteiger partial charge in [0.05, 0.1) is 18.3 Å². The minimum absolute atomic E-state index is 0.222. The first-order chi connectivity index (χ1) is 11.1. The molecule has 0 atom stereocenters. The highest BCUT2D eigenvalue weighted by Gasteiger charge is 2.06. The van der Waals surface area contributed by atoms with Crippen molar-refractivity contribution in [1.82, 2.24) is 5.43 Å². The SMILES string of the molecule is COc1ccc(/C=N/NC(=O)COc2cc(Cl)ccc2Cl)cc1. The minimum atomic E-state index is -0.411. The highest BCUT2D eigenvalue weighted by atomic mass is 35.5. The molecule has 0 saturated carbocycles. The van der Waals surface area contributed by atoms with Crippen LogP contribution in [-0.2, 0) is 4.79 Å². The minimum Gasteiger partial charge on any atom is -0.497 e. The van der Waals surface area contributed by atoms with E-state index >= 15 is 0 Å². The van der Waals surface area contributed by atoms with Gasteiger partial charge in [0, 0.05) is 11.1 Å². The zero-order valence-electron chi connectivity index (χ0n) is 12.3. The number of nitrogens with zero attached hydrogens (tertiary/aromatic N) is 1. The normalized spacial score (nSPS) is 10.6. The molecule has 0 heterocycles. The molecule has 1 amide bonds. The fourth-order valence-electron chi connectivity index (χ4n) is 1.63. The van der Waals surface area contributed by atoms with Crippen molar-refractivity contribution >= 4 is 35.3 Å². The van der Waals surface area contributed by atoms with Crippen molar-refractivity contribution in [3.63, 3.8) is 0 Å². The van der Waals surface area contributed by atoms with E-state index in [4.69, 9.17) is 32.7 Å². The third-order valence-electron chi connectivity index (χ3n) is 2.77. The Kier molecular flexibility index (Phi) is 6.26. The van der Waals surface area contributed by atoms with Crippen molar-refractivity contribution in [2.75, 3.05) is 13.7 Å². The van der Waals surface area contributed by atoms with Crippen molar-refractivity contribution < 1.29 is 14.3 Å². The molecule has 0 spiro atoms. The Hall–Kier alpha value is -2.24. The number of halogens is 2. The number of benzene rings is 2. The summed E-state index contributed by atoms with van der Waals surface area (Å²) >= 11 is 11.8. The lowest BCUT2D eigenvalue weighted by Gasteiger charge is -2.07. The molecule has 0 aliphatic carbocycles. The number of carbonyl (C=O) groups excluding carboxylic acids is 1. The van der Waals surface area contributed by atoms with Crippen LogP contribution in [0.2, 0.25) is 10.0 Å². The Morgan fingerprint density at radius 1 is 1.22 bits per heavy atom. The second-order valence-corrected chi connectivity index (χ2v) is 5.27. The Balaban J connectivity index is 1.82. The summed E-state index contributed by atoms with van der Waals surface area (Å²) in [4.78, 5) is 11.7. The van der Waals surface area contributed by atoms with Gasteiger partial charge in [-0.15, -0.1) is 0 Å². The molecule has 0 bridgehead atoms. The van der Waals surface area contributed by atoms with E-state index in [-0.39, 0.29) is 6.61 Å². The van der Waals surface area contributed by atoms with Gasteiger partial charge in [-0.1, -0.05) is 23.2 Å². The maximum atomic E-state index is 11.7. The molecule has 0 aliphatic rings. The van der Waals surface area contributed by atoms with Gasteiger partial charge in [-0.3, -0.25) is 4.79 Å². The lowest BCUT2D eigenvalue weighted by atomic mass is 10.2. The maximum Gasteiger partial charge on any atom is 0.277 e. The summed E-state index contributed by atoms with van der Waals surface area (Å²) in [6, 6.07) is 12.0. The predicted molar refractivity (Wildman–Crippen MR) is 90.7 cm³/mol. The van der Waals surface area contributed by atoms with Crippen LogP contribution in [0, 0.1) is 0 Å². The van der Waals surface area contributed by atoms with Gasteiger partial charge in [0.25, 0.3) is 5.91 Å². The van der Waals surface area contributed by atoms with Gasteiger partial charge < -0.3 is 9.47 Å². The lowest BCUT2D eigenvalue weighted by molar-refractivity contribution is -0.123. The summed E-state index contributed by atoms with van der Waals surface area (Å²) < 4.78 is 10.3. The van der Waals surface area contributed by atoms with Crippen molar-refractivity contribution in [1.29, 1.82) is 0 Å². The maximum absolute atomic E-state index is 11.7. The number of carbonyl (C=O) groups is 1. The van der Waals surface area contributed by atoms with E-state index in [2.05, 4.69) is 10.5 Å². The molecule has 0 aromatic heterocycles. The van der Waals surface area contributed by atoms with Crippen molar-refractivity contribution in [2.24, 2.45) is 5.10 Å². The molecule has 120 valence electrons. The average Bonchev–Trinajstić information content (AvgIpc) is 2.56. The zero-order chi connectivity index (χ0) is 16.7. The van der Waals surface area contributed by atoms with Gasteiger partial charge in [-0.25, -0.2) is 5.43 Å². The van der Waals surface area contributed by atoms with E-state index < -0.39 is 5.91 Å². The highest BCUT2D eigenvalue weighted by molar-refractivity contribution is 6.34. The number of ether oxygens (including phenoxy) is 2. The largest absolute Gasteiger partial charge is 0.497 e. The first-order valence-corrected chi connectivity index (χ1v) is 7.38. The molecule has 23 heavy (non-hydrogen) atoms. The third-order valence-corrected chi connectivity index (χ3v) is 3.32. The smallest absolute Gasteiger partial charge is 0.277 e. The fourth-order valence-corrected chi connectivity index (χ4v) is 1.97. The molecule has 0 unspecified atom stereocenters. The predicted octanol–water partition coefficient (Wildman–Crippen LogP) is 3.53. The average molecular weight is 353 g/mol. The van der Waals surface area contributed by atoms with Gasteiger partial charge in [0.15, 0.2) is 6.61 Å². The highest BCUT2D eigenvalue weighted by Crippen LogP contribution is 2.27. The van der Waals surface area contributed by atoms with E-state index in [1.165, 1.54) is 12.3 Å². The molecule has 5 nitrogen and oxygen atoms in total. The molecule has 2 aromatic rings. The van der Waals surface area contributed by atoms with Gasteiger partial charge in [0.1, 0.15) is 11.5 Å². The standard InChI is InChI=1S/C16H14Cl2N2O3/c1-22-13-5-2-11(3-6-13)9-19-20-16(21)10-23-15-8-12(17)4-7-14(15)18/h2-9H,10H2,1H3,(H,20,21)/b19-9+. The van der Waals surface area contributed by atoms with E-state index in [1.807, 2.05) is 12.1 Å². The molecular weight excluding hydrogens is 339 g/mol. The van der Waals surface area contributed by atoms with Crippen LogP contribution in [-0.4, -0.2) is 25.8 Å². The first kappa shape index (κ1) is 17.1. The van der Waals surface area contributed by atoms with E-state index in [1.54, 1.807) is 31.4 Å². The van der Waals surface area contributed by atoms with Gasteiger partial charge in [-0.2, -0.15) is 5.10 Å². The van der Waals surface area contributed by atoms with Crippen LogP contribution in [0.4, 0.5) is 0 Å². The first-order valence-electron chi connectivity index (χ1n) is 6.62. The Bertz CT molecular complexity index is 703. The molecule has 2 aromatic carbocycles. The zero-order valence-corrected chi connectivity index (χ0v) is 13.8. The molecule has 2 rings (SSSR count). The number of hydrogen-bond acceptors (Lipinski definition) is 4. The second-order valence-electron chi connectivity index (χ2n) is 4.43. The molecule has 0 saturated heterocycles. The Morgan fingerprint density at radius 3 is 2.65 bits per heavy atom. The Morgan fingerprint density at radius 2 is 1.96 bits per heavy atom. The third kappa shape index (κ3) is 5.47. The number of hydrogen-bond donors (Lipinski definition) is 1. The number of amides is 1. The quantitative estimate of drug-likeness (QED) is 0.638. The molecule has 1 N–H and O–H groups in total. The monoisotopic (exact) mass is 352 g/mol. The Labute approximate surface area is 143 Å². The summed E-state index contributed by atoms with van der Waals surface area (Å²) in [6.07, 6.45) is 1.52.